The first-order valence-electron chi connectivity index (χ1n) is 10.9. The SMILES string of the molecule is CCCc1noc(-c2cccc(CNC(=NC)NC3CCCC(S(=O)CC)C3)c2)n1. The number of aromatic nitrogens is 2. The molecular weight excluding hydrogens is 398 g/mol. The molecule has 0 amide bonds. The van der Waals surface area contributed by atoms with Crippen LogP contribution in [-0.2, 0) is 23.8 Å². The molecule has 1 aromatic heterocycles. The zero-order valence-corrected chi connectivity index (χ0v) is 19.0. The van der Waals surface area contributed by atoms with Gasteiger partial charge in [-0.3, -0.25) is 9.20 Å². The molecule has 1 fully saturated rings. The number of aryl methyl sites for hydroxylation is 1. The lowest BCUT2D eigenvalue weighted by Crippen LogP contribution is -2.46. The molecule has 1 heterocycles. The van der Waals surface area contributed by atoms with E-state index in [1.807, 2.05) is 19.1 Å². The number of benzene rings is 1. The fraction of sp³-hybridized carbons (Fsp3) is 0.591. The quantitative estimate of drug-likeness (QED) is 0.491. The smallest absolute Gasteiger partial charge is 0.257 e. The number of nitrogens with one attached hydrogen (secondary N) is 2. The first-order valence-corrected chi connectivity index (χ1v) is 12.3. The van der Waals surface area contributed by atoms with E-state index in [2.05, 4.69) is 44.8 Å². The van der Waals surface area contributed by atoms with Crippen molar-refractivity contribution in [3.05, 3.63) is 35.7 Å². The van der Waals surface area contributed by atoms with Crippen LogP contribution >= 0.6 is 0 Å². The molecule has 1 aliphatic rings. The second kappa shape index (κ2) is 11.2. The lowest BCUT2D eigenvalue weighted by atomic mass is 9.95. The first-order chi connectivity index (χ1) is 14.6. The Hall–Kier alpha value is -2.22. The predicted octanol–water partition coefficient (Wildman–Crippen LogP) is 3.43. The summed E-state index contributed by atoms with van der Waals surface area (Å²) in [6, 6.07) is 8.42. The van der Waals surface area contributed by atoms with Crippen LogP contribution in [0.15, 0.2) is 33.8 Å². The molecule has 30 heavy (non-hydrogen) atoms. The molecule has 1 aromatic carbocycles. The molecule has 1 aliphatic carbocycles. The van der Waals surface area contributed by atoms with E-state index in [9.17, 15) is 4.21 Å². The molecule has 3 atom stereocenters. The number of aliphatic imine (C=N–C) groups is 1. The molecule has 2 N–H and O–H groups in total. The molecular formula is C22H33N5O2S. The molecule has 3 unspecified atom stereocenters. The van der Waals surface area contributed by atoms with Gasteiger partial charge in [-0.2, -0.15) is 4.98 Å². The Bertz CT molecular complexity index is 867. The fourth-order valence-electron chi connectivity index (χ4n) is 3.83. The van der Waals surface area contributed by atoms with Gasteiger partial charge in [-0.05, 0) is 43.4 Å². The van der Waals surface area contributed by atoms with Crippen LogP contribution in [0, 0.1) is 0 Å². The third kappa shape index (κ3) is 6.14. The van der Waals surface area contributed by atoms with Crippen LogP contribution in [0.4, 0.5) is 0 Å². The Labute approximate surface area is 181 Å². The van der Waals surface area contributed by atoms with Crippen LogP contribution < -0.4 is 10.6 Å². The average molecular weight is 432 g/mol. The maximum Gasteiger partial charge on any atom is 0.257 e. The van der Waals surface area contributed by atoms with E-state index in [1.54, 1.807) is 7.05 Å². The second-order valence-corrected chi connectivity index (χ2v) is 9.70. The number of hydrogen-bond acceptors (Lipinski definition) is 5. The highest BCUT2D eigenvalue weighted by atomic mass is 32.2. The van der Waals surface area contributed by atoms with Gasteiger partial charge in [0.25, 0.3) is 5.89 Å². The van der Waals surface area contributed by atoms with Crippen LogP contribution in [-0.4, -0.2) is 44.4 Å². The van der Waals surface area contributed by atoms with Crippen molar-refractivity contribution in [2.45, 2.75) is 70.2 Å². The molecule has 0 spiro atoms. The number of guanidine groups is 1. The van der Waals surface area contributed by atoms with Crippen molar-refractivity contribution in [1.82, 2.24) is 20.8 Å². The van der Waals surface area contributed by atoms with Crippen molar-refractivity contribution in [3.63, 3.8) is 0 Å². The second-order valence-electron chi connectivity index (χ2n) is 7.69. The molecule has 0 radical (unpaired) electrons. The molecule has 164 valence electrons. The predicted molar refractivity (Wildman–Crippen MR) is 122 cm³/mol. The van der Waals surface area contributed by atoms with Gasteiger partial charge < -0.3 is 15.2 Å². The Morgan fingerprint density at radius 3 is 2.97 bits per heavy atom. The average Bonchev–Trinajstić information content (AvgIpc) is 3.25. The summed E-state index contributed by atoms with van der Waals surface area (Å²) in [6.07, 6.45) is 6.01. The minimum absolute atomic E-state index is 0.294. The van der Waals surface area contributed by atoms with E-state index in [-0.39, 0.29) is 0 Å². The van der Waals surface area contributed by atoms with Crippen molar-refractivity contribution in [2.75, 3.05) is 12.8 Å². The van der Waals surface area contributed by atoms with Gasteiger partial charge in [0, 0.05) is 53.4 Å². The highest BCUT2D eigenvalue weighted by Gasteiger charge is 2.26. The summed E-state index contributed by atoms with van der Waals surface area (Å²) in [5.74, 6) is 2.81. The minimum atomic E-state index is -0.725. The van der Waals surface area contributed by atoms with Gasteiger partial charge in [0.05, 0.1) is 0 Å². The molecule has 0 saturated heterocycles. The normalized spacial score (nSPS) is 20.7. The molecule has 0 bridgehead atoms. The van der Waals surface area contributed by atoms with Gasteiger partial charge in [0.2, 0.25) is 0 Å². The highest BCUT2D eigenvalue weighted by molar-refractivity contribution is 7.85. The fourth-order valence-corrected chi connectivity index (χ4v) is 5.18. The van der Waals surface area contributed by atoms with E-state index in [1.165, 1.54) is 0 Å². The van der Waals surface area contributed by atoms with Crippen molar-refractivity contribution in [1.29, 1.82) is 0 Å². The standard InChI is InChI=1S/C22H33N5O2S/c1-4-8-20-26-21(29-27-20)17-10-6-9-16(13-17)15-24-22(23-3)25-18-11-7-12-19(14-18)30(28)5-2/h6,9-10,13,18-19H,4-5,7-8,11-12,14-15H2,1-3H3,(H2,23,24,25). The van der Waals surface area contributed by atoms with Gasteiger partial charge >= 0.3 is 0 Å². The molecule has 1 saturated carbocycles. The Morgan fingerprint density at radius 2 is 2.20 bits per heavy atom. The largest absolute Gasteiger partial charge is 0.354 e. The summed E-state index contributed by atoms with van der Waals surface area (Å²) < 4.78 is 17.6. The van der Waals surface area contributed by atoms with Crippen molar-refractivity contribution >= 4 is 16.8 Å². The topological polar surface area (TPSA) is 92.4 Å². The van der Waals surface area contributed by atoms with Crippen LogP contribution in [0.5, 0.6) is 0 Å². The van der Waals surface area contributed by atoms with Crippen molar-refractivity contribution in [3.8, 4) is 11.5 Å². The summed E-state index contributed by atoms with van der Waals surface area (Å²) >= 11 is 0. The lowest BCUT2D eigenvalue weighted by molar-refractivity contribution is 0.413. The lowest BCUT2D eigenvalue weighted by Gasteiger charge is -2.30. The van der Waals surface area contributed by atoms with Crippen molar-refractivity contribution in [2.24, 2.45) is 4.99 Å². The number of nitrogens with zero attached hydrogens (tertiary/aromatic N) is 3. The van der Waals surface area contributed by atoms with E-state index < -0.39 is 10.8 Å². The monoisotopic (exact) mass is 431 g/mol. The Balaban J connectivity index is 1.56. The first kappa shape index (κ1) is 22.5. The summed E-state index contributed by atoms with van der Waals surface area (Å²) in [5.41, 5.74) is 2.03. The molecule has 2 aromatic rings. The molecule has 0 aliphatic heterocycles. The van der Waals surface area contributed by atoms with Crippen LogP contribution in [0.25, 0.3) is 11.5 Å². The van der Waals surface area contributed by atoms with Crippen LogP contribution in [0.1, 0.15) is 57.3 Å². The van der Waals surface area contributed by atoms with Crippen LogP contribution in [0.2, 0.25) is 0 Å². The van der Waals surface area contributed by atoms with Crippen molar-refractivity contribution < 1.29 is 8.73 Å². The van der Waals surface area contributed by atoms with E-state index in [0.29, 0.717) is 23.7 Å². The third-order valence-electron chi connectivity index (χ3n) is 5.42. The van der Waals surface area contributed by atoms with Gasteiger partial charge in [-0.25, -0.2) is 0 Å². The zero-order valence-electron chi connectivity index (χ0n) is 18.2. The maximum absolute atomic E-state index is 12.2. The van der Waals surface area contributed by atoms with Gasteiger partial charge in [-0.1, -0.05) is 37.6 Å². The summed E-state index contributed by atoms with van der Waals surface area (Å²) in [6.45, 7) is 4.74. The number of hydrogen-bond donors (Lipinski definition) is 2. The van der Waals surface area contributed by atoms with Gasteiger partial charge in [0.15, 0.2) is 11.8 Å². The summed E-state index contributed by atoms with van der Waals surface area (Å²) in [7, 11) is 1.06. The van der Waals surface area contributed by atoms with Gasteiger partial charge in [0.1, 0.15) is 0 Å². The highest BCUT2D eigenvalue weighted by Crippen LogP contribution is 2.23. The van der Waals surface area contributed by atoms with E-state index in [0.717, 1.165) is 67.2 Å². The summed E-state index contributed by atoms with van der Waals surface area (Å²) in [4.78, 5) is 8.84. The minimum Gasteiger partial charge on any atom is -0.354 e. The molecule has 8 heteroatoms. The van der Waals surface area contributed by atoms with Crippen LogP contribution in [0.3, 0.4) is 0 Å². The zero-order chi connectivity index (χ0) is 21.3. The van der Waals surface area contributed by atoms with Gasteiger partial charge in [-0.15, -0.1) is 0 Å². The third-order valence-corrected chi connectivity index (χ3v) is 7.16. The Kier molecular flexibility index (Phi) is 8.42. The maximum atomic E-state index is 12.2. The Morgan fingerprint density at radius 1 is 1.33 bits per heavy atom. The molecule has 3 rings (SSSR count). The van der Waals surface area contributed by atoms with E-state index in [4.69, 9.17) is 4.52 Å². The summed E-state index contributed by atoms with van der Waals surface area (Å²) in [5, 5.41) is 11.2. The number of rotatable bonds is 8. The molecule has 7 nitrogen and oxygen atoms in total. The van der Waals surface area contributed by atoms with E-state index >= 15 is 0 Å².